The summed E-state index contributed by atoms with van der Waals surface area (Å²) in [6.45, 7) is 5.93. The molecule has 0 fully saturated rings. The van der Waals surface area contributed by atoms with Crippen molar-refractivity contribution in [2.75, 3.05) is 33.0 Å². The highest BCUT2D eigenvalue weighted by Crippen LogP contribution is 2.35. The molecule has 8 heteroatoms. The van der Waals surface area contributed by atoms with Gasteiger partial charge in [-0.15, -0.1) is 0 Å². The van der Waals surface area contributed by atoms with Gasteiger partial charge in [0.2, 0.25) is 18.6 Å². The Morgan fingerprint density at radius 3 is 2.62 bits per heavy atom. The summed E-state index contributed by atoms with van der Waals surface area (Å²) in [6, 6.07) is 5.18. The van der Waals surface area contributed by atoms with E-state index < -0.39 is 6.10 Å². The standard InChI is InChI=1S/C21H32N2O6/c1-3-10-23(11-4-2)21(26)7-5-6-20(25)22-13-16(24)14-27-17-8-9-18-19(12-17)29-15-28-18/h8-9,12,16,24H,3-7,10-11,13-15H2,1-2H3,(H,22,25). The van der Waals surface area contributed by atoms with Crippen LogP contribution in [0.25, 0.3) is 0 Å². The Labute approximate surface area is 172 Å². The molecule has 29 heavy (non-hydrogen) atoms. The quantitative estimate of drug-likeness (QED) is 0.519. The second-order valence-electron chi connectivity index (χ2n) is 7.02. The maximum Gasteiger partial charge on any atom is 0.231 e. The fourth-order valence-electron chi connectivity index (χ4n) is 3.00. The molecule has 1 aliphatic rings. The van der Waals surface area contributed by atoms with Crippen LogP contribution in [0.3, 0.4) is 0 Å². The van der Waals surface area contributed by atoms with Gasteiger partial charge in [-0.05, 0) is 31.4 Å². The van der Waals surface area contributed by atoms with Crippen LogP contribution in [-0.4, -0.2) is 61.0 Å². The second kappa shape index (κ2) is 12.2. The number of aliphatic hydroxyl groups excluding tert-OH is 1. The molecule has 162 valence electrons. The number of ether oxygens (including phenoxy) is 3. The minimum Gasteiger partial charge on any atom is -0.491 e. The van der Waals surface area contributed by atoms with Crippen LogP contribution in [-0.2, 0) is 9.59 Å². The van der Waals surface area contributed by atoms with Crippen LogP contribution in [0.5, 0.6) is 17.2 Å². The SMILES string of the molecule is CCCN(CCC)C(=O)CCCC(=O)NCC(O)COc1ccc2c(c1)OCO2. The molecular formula is C21H32N2O6. The maximum absolute atomic E-state index is 12.2. The number of aliphatic hydroxyl groups is 1. The van der Waals surface area contributed by atoms with Crippen LogP contribution in [0.1, 0.15) is 46.0 Å². The number of hydrogen-bond donors (Lipinski definition) is 2. The molecule has 2 amide bonds. The second-order valence-corrected chi connectivity index (χ2v) is 7.02. The zero-order valence-electron chi connectivity index (χ0n) is 17.3. The molecule has 0 saturated carbocycles. The summed E-state index contributed by atoms with van der Waals surface area (Å²) in [5.41, 5.74) is 0. The monoisotopic (exact) mass is 408 g/mol. The van der Waals surface area contributed by atoms with E-state index in [1.807, 2.05) is 18.7 Å². The first-order valence-electron chi connectivity index (χ1n) is 10.3. The molecule has 2 N–H and O–H groups in total. The topological polar surface area (TPSA) is 97.3 Å². The Morgan fingerprint density at radius 1 is 1.17 bits per heavy atom. The number of fused-ring (bicyclic) bond motifs is 1. The van der Waals surface area contributed by atoms with Crippen LogP contribution in [0.4, 0.5) is 0 Å². The van der Waals surface area contributed by atoms with Crippen molar-refractivity contribution in [3.8, 4) is 17.2 Å². The largest absolute Gasteiger partial charge is 0.491 e. The van der Waals surface area contributed by atoms with Crippen molar-refractivity contribution in [2.24, 2.45) is 0 Å². The third kappa shape index (κ3) is 7.81. The third-order valence-corrected chi connectivity index (χ3v) is 4.46. The molecule has 2 rings (SSSR count). The van der Waals surface area contributed by atoms with Crippen molar-refractivity contribution >= 4 is 11.8 Å². The molecule has 1 aromatic carbocycles. The van der Waals surface area contributed by atoms with Gasteiger partial charge in [0.1, 0.15) is 18.5 Å². The van der Waals surface area contributed by atoms with Gasteiger partial charge in [0.05, 0.1) is 0 Å². The Balaban J connectivity index is 1.60. The summed E-state index contributed by atoms with van der Waals surface area (Å²) < 4.78 is 16.0. The van der Waals surface area contributed by atoms with E-state index in [4.69, 9.17) is 14.2 Å². The average molecular weight is 408 g/mol. The normalized spacial score (nSPS) is 13.1. The Bertz CT molecular complexity index is 661. The lowest BCUT2D eigenvalue weighted by atomic mass is 10.2. The molecule has 1 atom stereocenters. The number of carbonyl (C=O) groups excluding carboxylic acids is 2. The molecule has 0 spiro atoms. The summed E-state index contributed by atoms with van der Waals surface area (Å²) in [5, 5.41) is 12.7. The van der Waals surface area contributed by atoms with Gasteiger partial charge in [0.15, 0.2) is 11.5 Å². The number of hydrogen-bond acceptors (Lipinski definition) is 6. The zero-order chi connectivity index (χ0) is 21.1. The van der Waals surface area contributed by atoms with Crippen LogP contribution < -0.4 is 19.5 Å². The Morgan fingerprint density at radius 2 is 1.90 bits per heavy atom. The minimum atomic E-state index is -0.837. The smallest absolute Gasteiger partial charge is 0.231 e. The first-order valence-corrected chi connectivity index (χ1v) is 10.3. The Hall–Kier alpha value is -2.48. The summed E-state index contributed by atoms with van der Waals surface area (Å²) in [5.74, 6) is 1.74. The third-order valence-electron chi connectivity index (χ3n) is 4.46. The number of amides is 2. The number of nitrogens with one attached hydrogen (secondary N) is 1. The van der Waals surface area contributed by atoms with Crippen LogP contribution in [0.15, 0.2) is 18.2 Å². The summed E-state index contributed by atoms with van der Waals surface area (Å²) >= 11 is 0. The van der Waals surface area contributed by atoms with Gasteiger partial charge < -0.3 is 29.5 Å². The number of carbonyl (C=O) groups is 2. The lowest BCUT2D eigenvalue weighted by molar-refractivity contribution is -0.131. The van der Waals surface area contributed by atoms with E-state index >= 15 is 0 Å². The maximum atomic E-state index is 12.2. The molecule has 0 aliphatic carbocycles. The average Bonchev–Trinajstić information content (AvgIpc) is 3.18. The zero-order valence-corrected chi connectivity index (χ0v) is 17.3. The molecule has 1 unspecified atom stereocenters. The first kappa shape index (κ1) is 22.8. The van der Waals surface area contributed by atoms with Gasteiger partial charge in [0, 0.05) is 38.5 Å². The fraction of sp³-hybridized carbons (Fsp3) is 0.619. The molecule has 1 aliphatic heterocycles. The highest BCUT2D eigenvalue weighted by molar-refractivity contribution is 5.79. The molecule has 8 nitrogen and oxygen atoms in total. The lowest BCUT2D eigenvalue weighted by Gasteiger charge is -2.21. The minimum absolute atomic E-state index is 0.0431. The molecule has 0 radical (unpaired) electrons. The van der Waals surface area contributed by atoms with Gasteiger partial charge >= 0.3 is 0 Å². The van der Waals surface area contributed by atoms with E-state index in [1.54, 1.807) is 18.2 Å². The van der Waals surface area contributed by atoms with Crippen molar-refractivity contribution in [3.63, 3.8) is 0 Å². The van der Waals surface area contributed by atoms with Gasteiger partial charge in [0.25, 0.3) is 0 Å². The molecule has 1 heterocycles. The summed E-state index contributed by atoms with van der Waals surface area (Å²) in [7, 11) is 0. The van der Waals surface area contributed by atoms with Crippen molar-refractivity contribution in [1.82, 2.24) is 10.2 Å². The predicted octanol–water partition coefficient (Wildman–Crippen LogP) is 2.09. The van der Waals surface area contributed by atoms with Crippen LogP contribution >= 0.6 is 0 Å². The predicted molar refractivity (Wildman–Crippen MR) is 108 cm³/mol. The number of nitrogens with zero attached hydrogens (tertiary/aromatic N) is 1. The molecular weight excluding hydrogens is 376 g/mol. The van der Waals surface area contributed by atoms with Gasteiger partial charge in [-0.1, -0.05) is 13.8 Å². The highest BCUT2D eigenvalue weighted by atomic mass is 16.7. The van der Waals surface area contributed by atoms with Crippen molar-refractivity contribution in [1.29, 1.82) is 0 Å². The van der Waals surface area contributed by atoms with E-state index in [0.29, 0.717) is 30.1 Å². The van der Waals surface area contributed by atoms with Gasteiger partial charge in [-0.2, -0.15) is 0 Å². The Kier molecular flexibility index (Phi) is 9.56. The molecule has 1 aromatic rings. The van der Waals surface area contributed by atoms with Crippen molar-refractivity contribution < 1.29 is 28.9 Å². The van der Waals surface area contributed by atoms with Crippen molar-refractivity contribution in [3.05, 3.63) is 18.2 Å². The first-order chi connectivity index (χ1) is 14.0. The van der Waals surface area contributed by atoms with Gasteiger partial charge in [-0.25, -0.2) is 0 Å². The molecule has 0 aromatic heterocycles. The van der Waals surface area contributed by atoms with E-state index in [1.165, 1.54) is 0 Å². The lowest BCUT2D eigenvalue weighted by Crippen LogP contribution is -2.35. The van der Waals surface area contributed by atoms with Crippen molar-refractivity contribution in [2.45, 2.75) is 52.1 Å². The fourth-order valence-corrected chi connectivity index (χ4v) is 3.00. The van der Waals surface area contributed by atoms with Crippen LogP contribution in [0.2, 0.25) is 0 Å². The van der Waals surface area contributed by atoms with E-state index in [9.17, 15) is 14.7 Å². The molecule has 0 saturated heterocycles. The molecule has 0 bridgehead atoms. The van der Waals surface area contributed by atoms with E-state index in [-0.39, 0.29) is 38.2 Å². The highest BCUT2D eigenvalue weighted by Gasteiger charge is 2.15. The van der Waals surface area contributed by atoms with Crippen LogP contribution in [0, 0.1) is 0 Å². The number of rotatable bonds is 13. The summed E-state index contributed by atoms with van der Waals surface area (Å²) in [4.78, 5) is 26.0. The summed E-state index contributed by atoms with van der Waals surface area (Å²) in [6.07, 6.45) is 2.14. The van der Waals surface area contributed by atoms with E-state index in [0.717, 1.165) is 25.9 Å². The van der Waals surface area contributed by atoms with E-state index in [2.05, 4.69) is 5.32 Å². The number of benzene rings is 1. The van der Waals surface area contributed by atoms with Gasteiger partial charge in [-0.3, -0.25) is 9.59 Å².